The highest BCUT2D eigenvalue weighted by molar-refractivity contribution is 5.98. The molecule has 0 aromatic heterocycles. The molecule has 2 unspecified atom stereocenters. The largest absolute Gasteiger partial charge is 0.461 e. The summed E-state index contributed by atoms with van der Waals surface area (Å²) in [6, 6.07) is 24.4. The number of alkyl halides is 4. The minimum atomic E-state index is -4.68. The van der Waals surface area contributed by atoms with E-state index < -0.39 is 36.3 Å². The van der Waals surface area contributed by atoms with Gasteiger partial charge in [-0.25, -0.2) is 0 Å². The third kappa shape index (κ3) is 7.79. The van der Waals surface area contributed by atoms with Gasteiger partial charge < -0.3 is 20.3 Å². The molecule has 2 atom stereocenters. The number of hydrogen-bond acceptors (Lipinski definition) is 4. The Kier molecular flexibility index (Phi) is 10.0. The Hall–Kier alpha value is -4.47. The van der Waals surface area contributed by atoms with E-state index in [1.165, 1.54) is 12.1 Å². The first-order valence-corrected chi connectivity index (χ1v) is 14.7. The highest BCUT2D eigenvalue weighted by atomic mass is 19.3. The Morgan fingerprint density at radius 2 is 1.64 bits per heavy atom. The molecule has 0 spiro atoms. The second kappa shape index (κ2) is 14.1. The summed E-state index contributed by atoms with van der Waals surface area (Å²) in [6.45, 7) is -0.0988. The first-order chi connectivity index (χ1) is 21.6. The van der Waals surface area contributed by atoms with Gasteiger partial charge in [-0.05, 0) is 88.9 Å². The molecule has 0 radical (unpaired) electrons. The average Bonchev–Trinajstić information content (AvgIpc) is 3.30. The van der Waals surface area contributed by atoms with E-state index in [0.717, 1.165) is 53.1 Å². The number of benzene rings is 4. The van der Waals surface area contributed by atoms with Gasteiger partial charge in [0.2, 0.25) is 0 Å². The number of aryl methyl sites for hydroxylation is 1. The number of halogens is 4. The van der Waals surface area contributed by atoms with Crippen molar-refractivity contribution in [3.05, 3.63) is 130 Å². The second-order valence-corrected chi connectivity index (χ2v) is 11.0. The Balaban J connectivity index is 1.44. The van der Waals surface area contributed by atoms with E-state index in [0.29, 0.717) is 16.7 Å². The van der Waals surface area contributed by atoms with Gasteiger partial charge in [0.05, 0.1) is 18.8 Å². The van der Waals surface area contributed by atoms with E-state index in [1.807, 2.05) is 60.7 Å². The predicted molar refractivity (Wildman–Crippen MR) is 164 cm³/mol. The molecule has 3 N–H and O–H groups in total. The minimum absolute atomic E-state index is 0.0183. The molecular formula is C36H33F4NO4. The Morgan fingerprint density at radius 3 is 2.40 bits per heavy atom. The zero-order chi connectivity index (χ0) is 32.0. The smallest absolute Gasteiger partial charge is 0.428 e. The topological polar surface area (TPSA) is 78.8 Å². The van der Waals surface area contributed by atoms with Crippen LogP contribution in [0.2, 0.25) is 0 Å². The molecule has 1 aliphatic rings. The number of ether oxygens (including phenoxy) is 1. The molecule has 1 aliphatic carbocycles. The van der Waals surface area contributed by atoms with Crippen LogP contribution < -0.4 is 10.1 Å². The fourth-order valence-corrected chi connectivity index (χ4v) is 5.47. The van der Waals surface area contributed by atoms with Crippen molar-refractivity contribution in [2.24, 2.45) is 0 Å². The van der Waals surface area contributed by atoms with Crippen molar-refractivity contribution >= 4 is 12.0 Å². The van der Waals surface area contributed by atoms with Crippen LogP contribution in [0.15, 0.2) is 97.1 Å². The van der Waals surface area contributed by atoms with Gasteiger partial charge in [0.25, 0.3) is 5.91 Å². The van der Waals surface area contributed by atoms with E-state index >= 15 is 0 Å². The summed E-state index contributed by atoms with van der Waals surface area (Å²) in [5.41, 5.74) is 5.64. The summed E-state index contributed by atoms with van der Waals surface area (Å²) in [5.74, 6) is -0.887. The van der Waals surface area contributed by atoms with E-state index in [2.05, 4.69) is 10.1 Å². The van der Waals surface area contributed by atoms with Crippen LogP contribution in [0.4, 0.5) is 17.6 Å². The van der Waals surface area contributed by atoms with Crippen molar-refractivity contribution < 1.29 is 37.3 Å². The molecule has 5 nitrogen and oxygen atoms in total. The summed E-state index contributed by atoms with van der Waals surface area (Å²) < 4.78 is 57.0. The molecule has 0 fully saturated rings. The number of hydrogen-bond donors (Lipinski definition) is 3. The second-order valence-electron chi connectivity index (χ2n) is 11.0. The molecule has 1 amide bonds. The number of fused-ring (bicyclic) bond motifs is 1. The SMILES string of the molecule is O=C(NC(Cc1cccc(OC(F)(F)C(F)F)c1)C(O)c1ccc(-c2cccc(CO)c2)cc1)c1cccc2c1C=CCCC2. The van der Waals surface area contributed by atoms with Crippen molar-refractivity contribution in [1.29, 1.82) is 0 Å². The van der Waals surface area contributed by atoms with Crippen LogP contribution in [0.1, 0.15) is 57.1 Å². The van der Waals surface area contributed by atoms with Crippen LogP contribution in [-0.2, 0) is 19.4 Å². The van der Waals surface area contributed by atoms with Gasteiger partial charge in [-0.1, -0.05) is 78.9 Å². The van der Waals surface area contributed by atoms with Crippen LogP contribution >= 0.6 is 0 Å². The maximum atomic E-state index is 13.7. The van der Waals surface area contributed by atoms with Crippen LogP contribution in [0.5, 0.6) is 5.75 Å². The summed E-state index contributed by atoms with van der Waals surface area (Å²) in [6.07, 6.45) is -3.32. The van der Waals surface area contributed by atoms with Crippen molar-refractivity contribution in [3.63, 3.8) is 0 Å². The first kappa shape index (κ1) is 31.9. The van der Waals surface area contributed by atoms with Crippen LogP contribution in [0.25, 0.3) is 17.2 Å². The molecule has 0 saturated heterocycles. The lowest BCUT2D eigenvalue weighted by Crippen LogP contribution is -2.41. The molecule has 4 aromatic rings. The van der Waals surface area contributed by atoms with Crippen molar-refractivity contribution in [1.82, 2.24) is 5.32 Å². The Morgan fingerprint density at radius 1 is 0.911 bits per heavy atom. The lowest BCUT2D eigenvalue weighted by atomic mass is 9.93. The van der Waals surface area contributed by atoms with Crippen molar-refractivity contribution in [2.75, 3.05) is 0 Å². The van der Waals surface area contributed by atoms with E-state index in [9.17, 15) is 32.6 Å². The highest BCUT2D eigenvalue weighted by Gasteiger charge is 2.44. The van der Waals surface area contributed by atoms with Gasteiger partial charge in [0.1, 0.15) is 5.75 Å². The fourth-order valence-electron chi connectivity index (χ4n) is 5.47. The molecule has 5 rings (SSSR count). The third-order valence-electron chi connectivity index (χ3n) is 7.80. The number of nitrogens with one attached hydrogen (secondary N) is 1. The zero-order valence-electron chi connectivity index (χ0n) is 24.3. The maximum Gasteiger partial charge on any atom is 0.461 e. The van der Waals surface area contributed by atoms with Crippen LogP contribution in [-0.4, -0.2) is 34.7 Å². The zero-order valence-corrected chi connectivity index (χ0v) is 24.3. The molecule has 45 heavy (non-hydrogen) atoms. The summed E-state index contributed by atoms with van der Waals surface area (Å²) in [7, 11) is 0. The van der Waals surface area contributed by atoms with Crippen molar-refractivity contribution in [2.45, 2.75) is 57.0 Å². The first-order valence-electron chi connectivity index (χ1n) is 14.7. The average molecular weight is 620 g/mol. The van der Waals surface area contributed by atoms with E-state index in [4.69, 9.17) is 0 Å². The molecule has 0 heterocycles. The van der Waals surface area contributed by atoms with Gasteiger partial charge in [-0.2, -0.15) is 17.6 Å². The number of allylic oxidation sites excluding steroid dienone is 1. The number of amides is 1. The molecule has 234 valence electrons. The maximum absolute atomic E-state index is 13.7. The number of carbonyl (C=O) groups is 1. The molecule has 0 bridgehead atoms. The van der Waals surface area contributed by atoms with Gasteiger partial charge in [-0.15, -0.1) is 0 Å². The summed E-state index contributed by atoms with van der Waals surface area (Å²) in [4.78, 5) is 13.7. The molecular weight excluding hydrogens is 586 g/mol. The lowest BCUT2D eigenvalue weighted by Gasteiger charge is -2.26. The standard InChI is InChI=1S/C36H33F4NO4/c37-35(38)36(39,40)45-29-12-5-7-23(20-29)21-32(41-34(44)31-14-6-10-26-9-2-1-3-13-30(26)31)33(43)27-17-15-25(16-18-27)28-11-4-8-24(19-28)22-42/h3-8,10-20,32-33,35,42-43H,1-2,9,21-22H2,(H,41,44). The molecule has 0 aliphatic heterocycles. The fraction of sp³-hybridized carbons (Fsp3) is 0.250. The van der Waals surface area contributed by atoms with Gasteiger partial charge in [0, 0.05) is 5.56 Å². The van der Waals surface area contributed by atoms with Gasteiger partial charge >= 0.3 is 12.5 Å². The van der Waals surface area contributed by atoms with E-state index in [-0.39, 0.29) is 13.0 Å². The molecule has 9 heteroatoms. The molecule has 4 aromatic carbocycles. The third-order valence-corrected chi connectivity index (χ3v) is 7.80. The van der Waals surface area contributed by atoms with Crippen LogP contribution in [0.3, 0.4) is 0 Å². The normalized spacial score (nSPS) is 14.4. The number of aliphatic hydroxyl groups excluding tert-OH is 2. The summed E-state index contributed by atoms with van der Waals surface area (Å²) in [5, 5.41) is 24.0. The predicted octanol–water partition coefficient (Wildman–Crippen LogP) is 7.51. The lowest BCUT2D eigenvalue weighted by molar-refractivity contribution is -0.253. The summed E-state index contributed by atoms with van der Waals surface area (Å²) >= 11 is 0. The number of rotatable bonds is 11. The van der Waals surface area contributed by atoms with Crippen molar-refractivity contribution in [3.8, 4) is 16.9 Å². The Bertz CT molecular complexity index is 1660. The Labute approximate surface area is 258 Å². The minimum Gasteiger partial charge on any atom is -0.428 e. The highest BCUT2D eigenvalue weighted by Crippen LogP contribution is 2.30. The van der Waals surface area contributed by atoms with E-state index in [1.54, 1.807) is 24.3 Å². The van der Waals surface area contributed by atoms with Crippen LogP contribution in [0, 0.1) is 0 Å². The number of carbonyl (C=O) groups excluding carboxylic acids is 1. The molecule has 0 saturated carbocycles. The van der Waals surface area contributed by atoms with Gasteiger partial charge in [-0.3, -0.25) is 4.79 Å². The quantitative estimate of drug-likeness (QED) is 0.152. The van der Waals surface area contributed by atoms with Gasteiger partial charge in [0.15, 0.2) is 0 Å². The monoisotopic (exact) mass is 619 g/mol. The number of aliphatic hydroxyl groups is 2.